The SMILES string of the molecule is C[C@H](Cn1ccnc1)NC1CCN(Cc2cccc(O)c2)CC1. The van der Waals surface area contributed by atoms with Gasteiger partial charge in [0, 0.05) is 37.6 Å². The van der Waals surface area contributed by atoms with Crippen molar-refractivity contribution in [2.45, 2.75) is 44.9 Å². The number of hydrogen-bond donors (Lipinski definition) is 2. The standard InChI is InChI=1S/C18H26N4O/c1-15(12-22-10-7-19-14-22)20-17-5-8-21(9-6-17)13-16-3-2-4-18(23)11-16/h2-4,7,10-11,14-15,17,20,23H,5-6,8-9,12-13H2,1H3/t15-/m1/s1. The molecular formula is C18H26N4O. The summed E-state index contributed by atoms with van der Waals surface area (Å²) in [7, 11) is 0. The number of piperidine rings is 1. The van der Waals surface area contributed by atoms with Crippen molar-refractivity contribution in [1.82, 2.24) is 19.8 Å². The van der Waals surface area contributed by atoms with Gasteiger partial charge in [0.1, 0.15) is 5.75 Å². The highest BCUT2D eigenvalue weighted by Gasteiger charge is 2.20. The van der Waals surface area contributed by atoms with Crippen molar-refractivity contribution < 1.29 is 5.11 Å². The molecule has 1 aliphatic rings. The van der Waals surface area contributed by atoms with Gasteiger partial charge in [0.25, 0.3) is 0 Å². The number of nitrogens with one attached hydrogen (secondary N) is 1. The molecule has 0 aliphatic carbocycles. The molecule has 124 valence electrons. The van der Waals surface area contributed by atoms with Crippen LogP contribution in [0.5, 0.6) is 5.75 Å². The minimum atomic E-state index is 0.354. The summed E-state index contributed by atoms with van der Waals surface area (Å²) in [5, 5.41) is 13.3. The lowest BCUT2D eigenvalue weighted by Gasteiger charge is -2.34. The summed E-state index contributed by atoms with van der Waals surface area (Å²) in [5.74, 6) is 0.354. The van der Waals surface area contributed by atoms with Gasteiger partial charge in [-0.3, -0.25) is 4.90 Å². The van der Waals surface area contributed by atoms with E-state index < -0.39 is 0 Å². The number of rotatable bonds is 6. The molecule has 0 saturated carbocycles. The lowest BCUT2D eigenvalue weighted by Crippen LogP contribution is -2.46. The zero-order valence-corrected chi connectivity index (χ0v) is 13.7. The summed E-state index contributed by atoms with van der Waals surface area (Å²) < 4.78 is 2.12. The monoisotopic (exact) mass is 314 g/mol. The first-order valence-corrected chi connectivity index (χ1v) is 8.41. The van der Waals surface area contributed by atoms with Gasteiger partial charge >= 0.3 is 0 Å². The van der Waals surface area contributed by atoms with Crippen LogP contribution >= 0.6 is 0 Å². The molecule has 1 aliphatic heterocycles. The number of nitrogens with zero attached hydrogens (tertiary/aromatic N) is 3. The maximum Gasteiger partial charge on any atom is 0.115 e. The Morgan fingerprint density at radius 2 is 2.17 bits per heavy atom. The van der Waals surface area contributed by atoms with Crippen LogP contribution in [0.4, 0.5) is 0 Å². The molecule has 23 heavy (non-hydrogen) atoms. The number of aromatic nitrogens is 2. The Morgan fingerprint density at radius 3 is 2.87 bits per heavy atom. The summed E-state index contributed by atoms with van der Waals surface area (Å²) in [6, 6.07) is 8.62. The fourth-order valence-electron chi connectivity index (χ4n) is 3.34. The van der Waals surface area contributed by atoms with E-state index in [1.165, 1.54) is 18.4 Å². The topological polar surface area (TPSA) is 53.3 Å². The Bertz CT molecular complexity index is 591. The first kappa shape index (κ1) is 16.0. The molecule has 3 rings (SSSR count). The molecule has 2 aromatic rings. The van der Waals surface area contributed by atoms with Gasteiger partial charge in [-0.05, 0) is 50.6 Å². The molecule has 2 N–H and O–H groups in total. The first-order chi connectivity index (χ1) is 11.2. The van der Waals surface area contributed by atoms with Gasteiger partial charge in [-0.2, -0.15) is 0 Å². The van der Waals surface area contributed by atoms with Gasteiger partial charge in [-0.1, -0.05) is 12.1 Å². The number of imidazole rings is 1. The van der Waals surface area contributed by atoms with Crippen LogP contribution in [0, 0.1) is 0 Å². The van der Waals surface area contributed by atoms with Gasteiger partial charge in [0.05, 0.1) is 6.33 Å². The second kappa shape index (κ2) is 7.62. The number of hydrogen-bond acceptors (Lipinski definition) is 4. The number of phenolic OH excluding ortho intramolecular Hbond substituents is 1. The Balaban J connectivity index is 1.41. The number of phenols is 1. The van der Waals surface area contributed by atoms with E-state index in [0.29, 0.717) is 17.8 Å². The van der Waals surface area contributed by atoms with Crippen molar-refractivity contribution >= 4 is 0 Å². The van der Waals surface area contributed by atoms with E-state index in [-0.39, 0.29) is 0 Å². The molecule has 5 nitrogen and oxygen atoms in total. The predicted octanol–water partition coefficient (Wildman–Crippen LogP) is 2.23. The van der Waals surface area contributed by atoms with Crippen molar-refractivity contribution in [3.63, 3.8) is 0 Å². The van der Waals surface area contributed by atoms with Crippen LogP contribution in [-0.4, -0.2) is 44.7 Å². The minimum absolute atomic E-state index is 0.354. The molecule has 1 aromatic heterocycles. The van der Waals surface area contributed by atoms with E-state index in [2.05, 4.69) is 32.8 Å². The van der Waals surface area contributed by atoms with E-state index >= 15 is 0 Å². The molecule has 1 saturated heterocycles. The van der Waals surface area contributed by atoms with Crippen LogP contribution < -0.4 is 5.32 Å². The highest BCUT2D eigenvalue weighted by Crippen LogP contribution is 2.17. The lowest BCUT2D eigenvalue weighted by molar-refractivity contribution is 0.183. The van der Waals surface area contributed by atoms with Gasteiger partial charge in [0.15, 0.2) is 0 Å². The molecule has 1 atom stereocenters. The molecule has 1 fully saturated rings. The predicted molar refractivity (Wildman–Crippen MR) is 91.2 cm³/mol. The molecule has 1 aromatic carbocycles. The molecule has 0 amide bonds. The van der Waals surface area contributed by atoms with Crippen LogP contribution in [0.15, 0.2) is 43.0 Å². The van der Waals surface area contributed by atoms with E-state index in [9.17, 15) is 5.11 Å². The Hall–Kier alpha value is -1.85. The maximum absolute atomic E-state index is 9.55. The number of likely N-dealkylation sites (tertiary alicyclic amines) is 1. The number of benzene rings is 1. The highest BCUT2D eigenvalue weighted by atomic mass is 16.3. The zero-order valence-electron chi connectivity index (χ0n) is 13.7. The van der Waals surface area contributed by atoms with Crippen LogP contribution in [0.1, 0.15) is 25.3 Å². The summed E-state index contributed by atoms with van der Waals surface area (Å²) in [5.41, 5.74) is 1.19. The van der Waals surface area contributed by atoms with Gasteiger partial charge in [-0.25, -0.2) is 4.98 Å². The Labute approximate surface area is 138 Å². The van der Waals surface area contributed by atoms with E-state index in [1.54, 1.807) is 6.07 Å². The van der Waals surface area contributed by atoms with Crippen molar-refractivity contribution in [3.8, 4) is 5.75 Å². The Morgan fingerprint density at radius 1 is 1.35 bits per heavy atom. The Kier molecular flexibility index (Phi) is 5.31. The fraction of sp³-hybridized carbons (Fsp3) is 0.500. The second-order valence-electron chi connectivity index (χ2n) is 6.55. The van der Waals surface area contributed by atoms with E-state index in [1.807, 2.05) is 30.9 Å². The normalized spacial score (nSPS) is 18.1. The van der Waals surface area contributed by atoms with Crippen molar-refractivity contribution in [1.29, 1.82) is 0 Å². The molecule has 5 heteroatoms. The summed E-state index contributed by atoms with van der Waals surface area (Å²) in [6.45, 7) is 6.32. The van der Waals surface area contributed by atoms with Crippen LogP contribution in [0.25, 0.3) is 0 Å². The fourth-order valence-corrected chi connectivity index (χ4v) is 3.34. The maximum atomic E-state index is 9.55. The quantitative estimate of drug-likeness (QED) is 0.858. The smallest absolute Gasteiger partial charge is 0.115 e. The van der Waals surface area contributed by atoms with Gasteiger partial charge in [-0.15, -0.1) is 0 Å². The summed E-state index contributed by atoms with van der Waals surface area (Å²) in [4.78, 5) is 6.55. The van der Waals surface area contributed by atoms with Crippen molar-refractivity contribution in [2.24, 2.45) is 0 Å². The van der Waals surface area contributed by atoms with E-state index in [0.717, 1.165) is 26.2 Å². The molecular weight excluding hydrogens is 288 g/mol. The van der Waals surface area contributed by atoms with Crippen LogP contribution in [0.2, 0.25) is 0 Å². The highest BCUT2D eigenvalue weighted by molar-refractivity contribution is 5.27. The molecule has 0 unspecified atom stereocenters. The van der Waals surface area contributed by atoms with Crippen LogP contribution in [-0.2, 0) is 13.1 Å². The summed E-state index contributed by atoms with van der Waals surface area (Å²) >= 11 is 0. The molecule has 0 bridgehead atoms. The second-order valence-corrected chi connectivity index (χ2v) is 6.55. The minimum Gasteiger partial charge on any atom is -0.508 e. The third-order valence-corrected chi connectivity index (χ3v) is 4.47. The van der Waals surface area contributed by atoms with Crippen molar-refractivity contribution in [3.05, 3.63) is 48.5 Å². The summed E-state index contributed by atoms with van der Waals surface area (Å²) in [6.07, 6.45) is 8.05. The average Bonchev–Trinajstić information content (AvgIpc) is 3.02. The zero-order chi connectivity index (χ0) is 16.1. The van der Waals surface area contributed by atoms with Crippen molar-refractivity contribution in [2.75, 3.05) is 13.1 Å². The first-order valence-electron chi connectivity index (χ1n) is 8.41. The largest absolute Gasteiger partial charge is 0.508 e. The lowest BCUT2D eigenvalue weighted by atomic mass is 10.0. The van der Waals surface area contributed by atoms with Gasteiger partial charge in [0.2, 0.25) is 0 Å². The van der Waals surface area contributed by atoms with E-state index in [4.69, 9.17) is 0 Å². The van der Waals surface area contributed by atoms with Gasteiger partial charge < -0.3 is 15.0 Å². The molecule has 2 heterocycles. The molecule has 0 radical (unpaired) electrons. The number of aromatic hydroxyl groups is 1. The third-order valence-electron chi connectivity index (χ3n) is 4.47. The molecule has 0 spiro atoms. The third kappa shape index (κ3) is 4.81. The average molecular weight is 314 g/mol. The van der Waals surface area contributed by atoms with Crippen LogP contribution in [0.3, 0.4) is 0 Å².